The van der Waals surface area contributed by atoms with Crippen molar-refractivity contribution in [3.8, 4) is 11.5 Å². The number of rotatable bonds is 3. The van der Waals surface area contributed by atoms with E-state index < -0.39 is 6.17 Å². The molecule has 0 aromatic heterocycles. The highest BCUT2D eigenvalue weighted by molar-refractivity contribution is 5.42. The molecule has 1 aromatic rings. The number of phenolic OH excluding ortho intramolecular Hbond substituents is 1. The summed E-state index contributed by atoms with van der Waals surface area (Å²) in [5.74, 6) is 0.266. The van der Waals surface area contributed by atoms with Crippen LogP contribution < -0.4 is 4.74 Å². The Balaban J connectivity index is 3.00. The molecule has 0 aliphatic heterocycles. The van der Waals surface area contributed by atoms with Crippen LogP contribution in [0.2, 0.25) is 0 Å². The summed E-state index contributed by atoms with van der Waals surface area (Å²) in [6, 6.07) is 4.55. The summed E-state index contributed by atoms with van der Waals surface area (Å²) in [4.78, 5) is 0. The monoisotopic (exact) mass is 198 g/mol. The van der Waals surface area contributed by atoms with Crippen LogP contribution in [0.4, 0.5) is 4.39 Å². The predicted octanol–water partition coefficient (Wildman–Crippen LogP) is 3.07. The minimum atomic E-state index is -1.02. The van der Waals surface area contributed by atoms with Crippen molar-refractivity contribution in [2.75, 3.05) is 7.11 Å². The van der Waals surface area contributed by atoms with E-state index >= 15 is 0 Å². The fourth-order valence-electron chi connectivity index (χ4n) is 1.25. The largest absolute Gasteiger partial charge is 0.504 e. The number of aromatic hydroxyl groups is 1. The number of ether oxygens (including phenoxy) is 1. The van der Waals surface area contributed by atoms with Gasteiger partial charge >= 0.3 is 0 Å². The molecule has 0 heterocycles. The Bertz CT molecular complexity index is 310. The van der Waals surface area contributed by atoms with Gasteiger partial charge in [-0.3, -0.25) is 0 Å². The molecule has 78 valence electrons. The minimum absolute atomic E-state index is 0.0345. The molecule has 0 fully saturated rings. The topological polar surface area (TPSA) is 29.5 Å². The highest BCUT2D eigenvalue weighted by Crippen LogP contribution is 2.33. The molecule has 0 amide bonds. The third-order valence-corrected chi connectivity index (χ3v) is 2.11. The van der Waals surface area contributed by atoms with Crippen molar-refractivity contribution in [3.05, 3.63) is 23.8 Å². The molecule has 1 rings (SSSR count). The van der Waals surface area contributed by atoms with E-state index in [0.717, 1.165) is 0 Å². The first-order valence-electron chi connectivity index (χ1n) is 4.57. The quantitative estimate of drug-likeness (QED) is 0.808. The van der Waals surface area contributed by atoms with Crippen molar-refractivity contribution in [2.45, 2.75) is 20.0 Å². The molecule has 0 aliphatic carbocycles. The van der Waals surface area contributed by atoms with Crippen molar-refractivity contribution in [1.82, 2.24) is 0 Å². The molecule has 0 saturated carbocycles. The van der Waals surface area contributed by atoms with E-state index in [0.29, 0.717) is 11.3 Å². The van der Waals surface area contributed by atoms with Crippen LogP contribution >= 0.6 is 0 Å². The standard InChI is InChI=1S/C11H15FO2/c1-7(2)11(12)8-4-5-9(13)10(6-8)14-3/h4-7,11,13H,1-3H3. The lowest BCUT2D eigenvalue weighted by Crippen LogP contribution is -2.00. The van der Waals surface area contributed by atoms with Crippen molar-refractivity contribution in [2.24, 2.45) is 5.92 Å². The molecule has 1 atom stereocenters. The van der Waals surface area contributed by atoms with Gasteiger partial charge in [0.1, 0.15) is 6.17 Å². The normalized spacial score (nSPS) is 12.9. The van der Waals surface area contributed by atoms with Gasteiger partial charge in [-0.1, -0.05) is 19.9 Å². The second-order valence-corrected chi connectivity index (χ2v) is 3.58. The molecule has 0 radical (unpaired) electrons. The summed E-state index contributed by atoms with van der Waals surface area (Å²) in [5.41, 5.74) is 0.537. The lowest BCUT2D eigenvalue weighted by molar-refractivity contribution is 0.260. The van der Waals surface area contributed by atoms with Crippen LogP contribution in [0.3, 0.4) is 0 Å². The number of hydrogen-bond donors (Lipinski definition) is 1. The molecular weight excluding hydrogens is 183 g/mol. The van der Waals surface area contributed by atoms with E-state index in [2.05, 4.69) is 0 Å². The first-order chi connectivity index (χ1) is 6.56. The number of halogens is 1. The first-order valence-corrected chi connectivity index (χ1v) is 4.57. The maximum absolute atomic E-state index is 13.6. The Morgan fingerprint density at radius 1 is 1.36 bits per heavy atom. The summed E-state index contributed by atoms with van der Waals surface area (Å²) < 4.78 is 18.5. The van der Waals surface area contributed by atoms with E-state index in [1.165, 1.54) is 19.2 Å². The smallest absolute Gasteiger partial charge is 0.160 e. The summed E-state index contributed by atoms with van der Waals surface area (Å²) in [6.45, 7) is 3.62. The Labute approximate surface area is 83.3 Å². The highest BCUT2D eigenvalue weighted by Gasteiger charge is 2.15. The minimum Gasteiger partial charge on any atom is -0.504 e. The zero-order valence-electron chi connectivity index (χ0n) is 8.62. The van der Waals surface area contributed by atoms with Gasteiger partial charge in [0.25, 0.3) is 0 Å². The van der Waals surface area contributed by atoms with Gasteiger partial charge in [-0.25, -0.2) is 4.39 Å². The van der Waals surface area contributed by atoms with Gasteiger partial charge in [0, 0.05) is 0 Å². The van der Waals surface area contributed by atoms with Crippen LogP contribution in [-0.4, -0.2) is 12.2 Å². The van der Waals surface area contributed by atoms with Crippen LogP contribution in [0.15, 0.2) is 18.2 Å². The Morgan fingerprint density at radius 3 is 2.50 bits per heavy atom. The van der Waals surface area contributed by atoms with Crippen molar-refractivity contribution in [1.29, 1.82) is 0 Å². The predicted molar refractivity (Wildman–Crippen MR) is 53.3 cm³/mol. The molecule has 1 N–H and O–H groups in total. The molecule has 2 nitrogen and oxygen atoms in total. The molecule has 1 aromatic carbocycles. The zero-order chi connectivity index (χ0) is 10.7. The molecule has 0 saturated heterocycles. The van der Waals surface area contributed by atoms with Gasteiger partial charge in [0.2, 0.25) is 0 Å². The van der Waals surface area contributed by atoms with Gasteiger partial charge in [-0.2, -0.15) is 0 Å². The van der Waals surface area contributed by atoms with Crippen molar-refractivity contribution >= 4 is 0 Å². The third kappa shape index (κ3) is 2.16. The van der Waals surface area contributed by atoms with Gasteiger partial charge in [-0.05, 0) is 23.6 Å². The maximum Gasteiger partial charge on any atom is 0.160 e. The van der Waals surface area contributed by atoms with Crippen LogP contribution in [0.25, 0.3) is 0 Å². The van der Waals surface area contributed by atoms with Gasteiger partial charge < -0.3 is 9.84 Å². The molecule has 1 unspecified atom stereocenters. The fraction of sp³-hybridized carbons (Fsp3) is 0.455. The van der Waals surface area contributed by atoms with E-state index in [9.17, 15) is 9.50 Å². The highest BCUT2D eigenvalue weighted by atomic mass is 19.1. The number of benzene rings is 1. The van der Waals surface area contributed by atoms with Crippen LogP contribution in [-0.2, 0) is 0 Å². The van der Waals surface area contributed by atoms with Crippen LogP contribution in [0.5, 0.6) is 11.5 Å². The lowest BCUT2D eigenvalue weighted by Gasteiger charge is -2.13. The van der Waals surface area contributed by atoms with Gasteiger partial charge in [0.05, 0.1) is 7.11 Å². The third-order valence-electron chi connectivity index (χ3n) is 2.11. The average Bonchev–Trinajstić information content (AvgIpc) is 2.17. The summed E-state index contributed by atoms with van der Waals surface area (Å²) in [5, 5.41) is 9.31. The van der Waals surface area contributed by atoms with E-state index in [-0.39, 0.29) is 11.7 Å². The lowest BCUT2D eigenvalue weighted by atomic mass is 10.0. The number of phenols is 1. The number of alkyl halides is 1. The van der Waals surface area contributed by atoms with Gasteiger partial charge in [0.15, 0.2) is 11.5 Å². The molecule has 0 bridgehead atoms. The average molecular weight is 198 g/mol. The molecule has 14 heavy (non-hydrogen) atoms. The molecule has 3 heteroatoms. The number of methoxy groups -OCH3 is 1. The molecule has 0 aliphatic rings. The Kier molecular flexibility index (Phi) is 3.33. The second kappa shape index (κ2) is 4.31. The van der Waals surface area contributed by atoms with E-state index in [4.69, 9.17) is 4.74 Å². The number of hydrogen-bond acceptors (Lipinski definition) is 2. The second-order valence-electron chi connectivity index (χ2n) is 3.58. The Hall–Kier alpha value is -1.25. The van der Waals surface area contributed by atoms with Crippen molar-refractivity contribution in [3.63, 3.8) is 0 Å². The first kappa shape index (κ1) is 10.8. The van der Waals surface area contributed by atoms with Crippen LogP contribution in [0.1, 0.15) is 25.6 Å². The molecule has 0 spiro atoms. The SMILES string of the molecule is COc1cc(C(F)C(C)C)ccc1O. The maximum atomic E-state index is 13.6. The summed E-state index contributed by atoms with van der Waals surface area (Å²) >= 11 is 0. The Morgan fingerprint density at radius 2 is 2.00 bits per heavy atom. The van der Waals surface area contributed by atoms with Gasteiger partial charge in [-0.15, -0.1) is 0 Å². The van der Waals surface area contributed by atoms with Crippen LogP contribution in [0, 0.1) is 5.92 Å². The molecular formula is C11H15FO2. The summed E-state index contributed by atoms with van der Waals surface area (Å²) in [6.07, 6.45) is -1.02. The van der Waals surface area contributed by atoms with E-state index in [1.54, 1.807) is 6.07 Å². The zero-order valence-corrected chi connectivity index (χ0v) is 8.62. The van der Waals surface area contributed by atoms with Crippen molar-refractivity contribution < 1.29 is 14.2 Å². The fourth-order valence-corrected chi connectivity index (χ4v) is 1.25. The summed E-state index contributed by atoms with van der Waals surface area (Å²) in [7, 11) is 1.45. The van der Waals surface area contributed by atoms with E-state index in [1.807, 2.05) is 13.8 Å².